The van der Waals surface area contributed by atoms with Crippen LogP contribution < -0.4 is 10.5 Å². The van der Waals surface area contributed by atoms with Crippen molar-refractivity contribution in [2.24, 2.45) is 0 Å². The molecule has 2 N–H and O–H groups in total. The highest BCUT2D eigenvalue weighted by atomic mass is 32.1. The average molecular weight is 265 g/mol. The third kappa shape index (κ3) is 2.26. The minimum atomic E-state index is 0.177. The molecule has 3 rings (SSSR count). The molecule has 0 aromatic carbocycles. The minimum absolute atomic E-state index is 0.177. The van der Waals surface area contributed by atoms with E-state index < -0.39 is 0 Å². The fourth-order valence-electron chi connectivity index (χ4n) is 2.09. The Bertz CT molecular complexity index is 564. The second-order valence-corrected chi connectivity index (χ2v) is 5.64. The lowest BCUT2D eigenvalue weighted by molar-refractivity contribution is 0.0670. The molecule has 0 bridgehead atoms. The van der Waals surface area contributed by atoms with E-state index in [4.69, 9.17) is 15.2 Å². The van der Waals surface area contributed by atoms with Crippen LogP contribution in [0.3, 0.4) is 0 Å². The van der Waals surface area contributed by atoms with Crippen LogP contribution in [0.5, 0.6) is 5.88 Å². The van der Waals surface area contributed by atoms with E-state index in [2.05, 4.69) is 9.97 Å². The first-order chi connectivity index (χ1) is 8.72. The number of aryl methyl sites for hydroxylation is 1. The van der Waals surface area contributed by atoms with E-state index in [1.807, 2.05) is 13.0 Å². The molecule has 2 aromatic rings. The van der Waals surface area contributed by atoms with Crippen LogP contribution in [0.1, 0.15) is 17.7 Å². The van der Waals surface area contributed by atoms with E-state index >= 15 is 0 Å². The third-order valence-electron chi connectivity index (χ3n) is 2.93. The predicted octanol–water partition coefficient (Wildman–Crippen LogP) is 2.14. The molecule has 1 aliphatic rings. The molecule has 0 spiro atoms. The highest BCUT2D eigenvalue weighted by molar-refractivity contribution is 7.18. The summed E-state index contributed by atoms with van der Waals surface area (Å²) in [5, 5.41) is 0.935. The first kappa shape index (κ1) is 11.7. The lowest BCUT2D eigenvalue weighted by Crippen LogP contribution is -2.17. The minimum Gasteiger partial charge on any atom is -0.474 e. The summed E-state index contributed by atoms with van der Waals surface area (Å²) in [4.78, 5) is 10.4. The molecule has 0 amide bonds. The molecule has 3 heterocycles. The summed E-state index contributed by atoms with van der Waals surface area (Å²) in [6.07, 6.45) is 2.33. The maximum atomic E-state index is 5.75. The molecule has 1 atom stereocenters. The Kier molecular flexibility index (Phi) is 3.05. The number of hydrogen-bond acceptors (Lipinski definition) is 6. The summed E-state index contributed by atoms with van der Waals surface area (Å²) in [5.74, 6) is 0.823. The first-order valence-electron chi connectivity index (χ1n) is 6.00. The van der Waals surface area contributed by atoms with Gasteiger partial charge >= 0.3 is 0 Å². The predicted molar refractivity (Wildman–Crippen MR) is 71.0 cm³/mol. The molecule has 1 saturated heterocycles. The second-order valence-electron chi connectivity index (χ2n) is 4.41. The molecule has 96 valence electrons. The van der Waals surface area contributed by atoms with Gasteiger partial charge in [-0.05, 0) is 25.8 Å². The molecular weight excluding hydrogens is 250 g/mol. The van der Waals surface area contributed by atoms with Crippen molar-refractivity contribution in [3.8, 4) is 5.88 Å². The van der Waals surface area contributed by atoms with Gasteiger partial charge in [-0.1, -0.05) is 0 Å². The van der Waals surface area contributed by atoms with Crippen LogP contribution >= 0.6 is 11.3 Å². The van der Waals surface area contributed by atoms with E-state index in [9.17, 15) is 0 Å². The van der Waals surface area contributed by atoms with Crippen LogP contribution in [-0.4, -0.2) is 29.3 Å². The lowest BCUT2D eigenvalue weighted by atomic mass is 10.2. The van der Waals surface area contributed by atoms with Crippen molar-refractivity contribution < 1.29 is 9.47 Å². The maximum absolute atomic E-state index is 5.75. The Morgan fingerprint density at radius 1 is 1.56 bits per heavy atom. The Morgan fingerprint density at radius 2 is 2.44 bits per heavy atom. The quantitative estimate of drug-likeness (QED) is 0.920. The summed E-state index contributed by atoms with van der Waals surface area (Å²) in [7, 11) is 0. The summed E-state index contributed by atoms with van der Waals surface area (Å²) in [5.41, 5.74) is 5.69. The summed E-state index contributed by atoms with van der Waals surface area (Å²) in [6.45, 7) is 3.39. The van der Waals surface area contributed by atoms with E-state index in [1.54, 1.807) is 11.3 Å². The summed E-state index contributed by atoms with van der Waals surface area (Å²) >= 11 is 1.60. The Morgan fingerprint density at radius 3 is 3.22 bits per heavy atom. The molecule has 1 unspecified atom stereocenters. The Hall–Kier alpha value is -1.40. The van der Waals surface area contributed by atoms with Crippen molar-refractivity contribution in [1.82, 2.24) is 9.97 Å². The zero-order chi connectivity index (χ0) is 12.5. The lowest BCUT2D eigenvalue weighted by Gasteiger charge is -2.11. The van der Waals surface area contributed by atoms with Gasteiger partial charge in [0.25, 0.3) is 0 Å². The Balaban J connectivity index is 1.85. The molecule has 1 aliphatic heterocycles. The summed E-state index contributed by atoms with van der Waals surface area (Å²) in [6, 6.07) is 2.03. The molecule has 0 aliphatic carbocycles. The molecule has 18 heavy (non-hydrogen) atoms. The van der Waals surface area contributed by atoms with Crippen LogP contribution in [0, 0.1) is 6.92 Å². The fourth-order valence-corrected chi connectivity index (χ4v) is 2.97. The zero-order valence-corrected chi connectivity index (χ0v) is 11.0. The molecule has 0 saturated carbocycles. The van der Waals surface area contributed by atoms with Gasteiger partial charge in [-0.25, -0.2) is 4.98 Å². The van der Waals surface area contributed by atoms with Crippen molar-refractivity contribution in [2.45, 2.75) is 25.9 Å². The van der Waals surface area contributed by atoms with Crippen molar-refractivity contribution in [3.63, 3.8) is 0 Å². The standard InChI is InChI=1S/C12H15N3O2S/c1-7-5-9-10(14-12(13)15-11(9)18-7)17-6-8-3-2-4-16-8/h5,8H,2-4,6H2,1H3,(H2,13,14,15). The smallest absolute Gasteiger partial charge is 0.227 e. The van der Waals surface area contributed by atoms with Gasteiger partial charge in [0.2, 0.25) is 11.8 Å². The number of ether oxygens (including phenoxy) is 2. The van der Waals surface area contributed by atoms with Crippen LogP contribution in [0.4, 0.5) is 5.95 Å². The van der Waals surface area contributed by atoms with Gasteiger partial charge in [0.1, 0.15) is 11.4 Å². The van der Waals surface area contributed by atoms with Crippen LogP contribution in [0.2, 0.25) is 0 Å². The van der Waals surface area contributed by atoms with Gasteiger partial charge in [-0.2, -0.15) is 4.98 Å². The van der Waals surface area contributed by atoms with E-state index in [-0.39, 0.29) is 12.1 Å². The number of thiophene rings is 1. The molecular formula is C12H15N3O2S. The molecule has 1 fully saturated rings. The number of hydrogen-bond donors (Lipinski definition) is 1. The number of anilines is 1. The van der Waals surface area contributed by atoms with Crippen molar-refractivity contribution >= 4 is 27.5 Å². The SMILES string of the molecule is Cc1cc2c(OCC3CCCO3)nc(N)nc2s1. The highest BCUT2D eigenvalue weighted by Crippen LogP contribution is 2.30. The number of nitrogen functional groups attached to an aromatic ring is 1. The summed E-state index contributed by atoms with van der Waals surface area (Å²) < 4.78 is 11.3. The van der Waals surface area contributed by atoms with E-state index in [1.165, 1.54) is 4.88 Å². The van der Waals surface area contributed by atoms with Crippen molar-refractivity contribution in [3.05, 3.63) is 10.9 Å². The number of fused-ring (bicyclic) bond motifs is 1. The number of nitrogens with zero attached hydrogens (tertiary/aromatic N) is 2. The largest absolute Gasteiger partial charge is 0.474 e. The van der Waals surface area contributed by atoms with Gasteiger partial charge in [-0.15, -0.1) is 11.3 Å². The van der Waals surface area contributed by atoms with E-state index in [0.717, 1.165) is 29.7 Å². The van der Waals surface area contributed by atoms with Gasteiger partial charge in [-0.3, -0.25) is 0 Å². The normalized spacial score (nSPS) is 19.5. The second kappa shape index (κ2) is 4.70. The third-order valence-corrected chi connectivity index (χ3v) is 3.87. The topological polar surface area (TPSA) is 70.3 Å². The molecule has 0 radical (unpaired) electrons. The van der Waals surface area contributed by atoms with Crippen molar-refractivity contribution in [1.29, 1.82) is 0 Å². The monoisotopic (exact) mass is 265 g/mol. The van der Waals surface area contributed by atoms with Gasteiger partial charge in [0.15, 0.2) is 0 Å². The molecule has 5 nitrogen and oxygen atoms in total. The van der Waals surface area contributed by atoms with Crippen LogP contribution in [0.25, 0.3) is 10.2 Å². The number of rotatable bonds is 3. The number of aromatic nitrogens is 2. The Labute approximate surface area is 109 Å². The fraction of sp³-hybridized carbons (Fsp3) is 0.500. The maximum Gasteiger partial charge on any atom is 0.227 e. The van der Waals surface area contributed by atoms with Crippen LogP contribution in [0.15, 0.2) is 6.07 Å². The van der Waals surface area contributed by atoms with Crippen molar-refractivity contribution in [2.75, 3.05) is 18.9 Å². The van der Waals surface area contributed by atoms with Gasteiger partial charge in [0.05, 0.1) is 11.5 Å². The molecule has 6 heteroatoms. The van der Waals surface area contributed by atoms with Gasteiger partial charge < -0.3 is 15.2 Å². The average Bonchev–Trinajstić information content (AvgIpc) is 2.93. The zero-order valence-electron chi connectivity index (χ0n) is 10.2. The van der Waals surface area contributed by atoms with E-state index in [0.29, 0.717) is 12.5 Å². The number of nitrogens with two attached hydrogens (primary N) is 1. The van der Waals surface area contributed by atoms with Gasteiger partial charge in [0, 0.05) is 11.5 Å². The van der Waals surface area contributed by atoms with Crippen LogP contribution in [-0.2, 0) is 4.74 Å². The first-order valence-corrected chi connectivity index (χ1v) is 6.82. The highest BCUT2D eigenvalue weighted by Gasteiger charge is 2.18. The molecule has 2 aromatic heterocycles.